The van der Waals surface area contributed by atoms with E-state index in [1.54, 1.807) is 0 Å². The van der Waals surface area contributed by atoms with Gasteiger partial charge in [0.25, 0.3) is 0 Å². The second-order valence-corrected chi connectivity index (χ2v) is 3.29. The molecule has 15 heavy (non-hydrogen) atoms. The zero-order valence-electron chi connectivity index (χ0n) is 8.24. The van der Waals surface area contributed by atoms with Crippen molar-refractivity contribution in [2.45, 2.75) is 12.5 Å². The van der Waals surface area contributed by atoms with Crippen LogP contribution in [0.2, 0.25) is 0 Å². The minimum Gasteiger partial charge on any atom is -0.321 e. The van der Waals surface area contributed by atoms with Crippen LogP contribution in [0.5, 0.6) is 0 Å². The smallest absolute Gasteiger partial charge is 0.148 e. The van der Waals surface area contributed by atoms with E-state index in [4.69, 9.17) is 5.73 Å². The Labute approximate surface area is 88.2 Å². The average Bonchev–Trinajstić information content (AvgIpc) is 2.31. The van der Waals surface area contributed by atoms with E-state index >= 15 is 0 Å². The third-order valence-corrected chi connectivity index (χ3v) is 2.14. The Bertz CT molecular complexity index is 401. The van der Waals surface area contributed by atoms with Gasteiger partial charge in [-0.3, -0.25) is 0 Å². The summed E-state index contributed by atoms with van der Waals surface area (Å²) in [5.74, 6) is 0.633. The lowest BCUT2D eigenvalue weighted by molar-refractivity contribution is 0.660. The minimum atomic E-state index is -0.171. The van der Waals surface area contributed by atoms with Crippen LogP contribution in [0.1, 0.15) is 17.4 Å². The Balaban J connectivity index is 2.08. The van der Waals surface area contributed by atoms with Crippen molar-refractivity contribution < 1.29 is 0 Å². The predicted molar refractivity (Wildman–Crippen MR) is 56.9 cm³/mol. The van der Waals surface area contributed by atoms with Crippen molar-refractivity contribution in [2.75, 3.05) is 0 Å². The first-order valence-corrected chi connectivity index (χ1v) is 4.77. The molecular weight excluding hydrogens is 188 g/mol. The predicted octanol–water partition coefficient (Wildman–Crippen LogP) is 1.11. The Morgan fingerprint density at radius 3 is 2.40 bits per heavy atom. The Morgan fingerprint density at radius 1 is 1.07 bits per heavy atom. The fourth-order valence-electron chi connectivity index (χ4n) is 1.40. The van der Waals surface area contributed by atoms with Gasteiger partial charge in [0, 0.05) is 0 Å². The minimum absolute atomic E-state index is 0.171. The number of hydrogen-bond donors (Lipinski definition) is 1. The number of rotatable bonds is 3. The molecule has 0 bridgehead atoms. The summed E-state index contributed by atoms with van der Waals surface area (Å²) in [7, 11) is 0. The van der Waals surface area contributed by atoms with E-state index in [-0.39, 0.29) is 6.04 Å². The van der Waals surface area contributed by atoms with Gasteiger partial charge in [0.1, 0.15) is 18.5 Å². The lowest BCUT2D eigenvalue weighted by Crippen LogP contribution is -2.16. The van der Waals surface area contributed by atoms with Crippen LogP contribution in [-0.4, -0.2) is 15.0 Å². The summed E-state index contributed by atoms with van der Waals surface area (Å²) in [6.45, 7) is 0. The summed E-state index contributed by atoms with van der Waals surface area (Å²) in [4.78, 5) is 11.8. The lowest BCUT2D eigenvalue weighted by atomic mass is 10.1. The van der Waals surface area contributed by atoms with Gasteiger partial charge in [0.2, 0.25) is 0 Å². The van der Waals surface area contributed by atoms with Crippen molar-refractivity contribution in [3.63, 3.8) is 0 Å². The number of benzene rings is 1. The molecule has 0 radical (unpaired) electrons. The van der Waals surface area contributed by atoms with E-state index < -0.39 is 0 Å². The molecule has 2 N–H and O–H groups in total. The maximum absolute atomic E-state index is 5.97. The van der Waals surface area contributed by atoms with Crippen LogP contribution < -0.4 is 5.73 Å². The van der Waals surface area contributed by atoms with E-state index in [1.807, 2.05) is 30.3 Å². The molecule has 0 spiro atoms. The van der Waals surface area contributed by atoms with E-state index in [9.17, 15) is 0 Å². The standard InChI is InChI=1S/C11H12N4/c12-10(11-14-7-13-8-15-11)6-9-4-2-1-3-5-9/h1-5,7-8,10H,6,12H2. The van der Waals surface area contributed by atoms with Gasteiger partial charge in [-0.15, -0.1) is 0 Å². The van der Waals surface area contributed by atoms with Crippen molar-refractivity contribution in [3.8, 4) is 0 Å². The SMILES string of the molecule is NC(Cc1ccccc1)c1ncncn1. The second kappa shape index (κ2) is 4.61. The van der Waals surface area contributed by atoms with Gasteiger partial charge in [-0.2, -0.15) is 0 Å². The summed E-state index contributed by atoms with van der Waals surface area (Å²) in [6.07, 6.45) is 3.67. The molecule has 1 aromatic carbocycles. The van der Waals surface area contributed by atoms with Crippen LogP contribution >= 0.6 is 0 Å². The normalized spacial score (nSPS) is 12.3. The maximum atomic E-state index is 5.97. The fourth-order valence-corrected chi connectivity index (χ4v) is 1.40. The number of nitrogens with two attached hydrogens (primary N) is 1. The highest BCUT2D eigenvalue weighted by Crippen LogP contribution is 2.10. The molecule has 0 amide bonds. The highest BCUT2D eigenvalue weighted by Gasteiger charge is 2.08. The Kier molecular flexibility index (Phi) is 2.99. The number of aromatic nitrogens is 3. The lowest BCUT2D eigenvalue weighted by Gasteiger charge is -2.08. The molecule has 0 saturated carbocycles. The van der Waals surface area contributed by atoms with E-state index in [0.29, 0.717) is 5.82 Å². The highest BCUT2D eigenvalue weighted by atomic mass is 15.0. The summed E-state index contributed by atoms with van der Waals surface area (Å²) >= 11 is 0. The van der Waals surface area contributed by atoms with Crippen molar-refractivity contribution in [2.24, 2.45) is 5.73 Å². The number of nitrogens with zero attached hydrogens (tertiary/aromatic N) is 3. The zero-order chi connectivity index (χ0) is 10.5. The fraction of sp³-hybridized carbons (Fsp3) is 0.182. The van der Waals surface area contributed by atoms with Crippen molar-refractivity contribution in [1.29, 1.82) is 0 Å². The van der Waals surface area contributed by atoms with Crippen LogP contribution in [0.15, 0.2) is 43.0 Å². The molecule has 0 aliphatic carbocycles. The second-order valence-electron chi connectivity index (χ2n) is 3.29. The van der Waals surface area contributed by atoms with Crippen LogP contribution in [0.4, 0.5) is 0 Å². The van der Waals surface area contributed by atoms with Crippen LogP contribution in [-0.2, 0) is 6.42 Å². The molecular formula is C11H12N4. The number of hydrogen-bond acceptors (Lipinski definition) is 4. The van der Waals surface area contributed by atoms with Crippen LogP contribution in [0.25, 0.3) is 0 Å². The maximum Gasteiger partial charge on any atom is 0.148 e. The van der Waals surface area contributed by atoms with Crippen LogP contribution in [0.3, 0.4) is 0 Å². The van der Waals surface area contributed by atoms with Crippen molar-refractivity contribution >= 4 is 0 Å². The Hall–Kier alpha value is -1.81. The Morgan fingerprint density at radius 2 is 1.73 bits per heavy atom. The van der Waals surface area contributed by atoms with E-state index in [2.05, 4.69) is 15.0 Å². The van der Waals surface area contributed by atoms with Gasteiger partial charge < -0.3 is 5.73 Å². The summed E-state index contributed by atoms with van der Waals surface area (Å²) in [5.41, 5.74) is 7.16. The van der Waals surface area contributed by atoms with Gasteiger partial charge in [-0.05, 0) is 12.0 Å². The molecule has 0 saturated heterocycles. The topological polar surface area (TPSA) is 64.7 Å². The van der Waals surface area contributed by atoms with Crippen LogP contribution in [0, 0.1) is 0 Å². The average molecular weight is 200 g/mol. The summed E-state index contributed by atoms with van der Waals surface area (Å²) in [5, 5.41) is 0. The largest absolute Gasteiger partial charge is 0.321 e. The third kappa shape index (κ3) is 2.57. The first kappa shape index (κ1) is 9.73. The molecule has 0 aliphatic heterocycles. The monoisotopic (exact) mass is 200 g/mol. The van der Waals surface area contributed by atoms with Gasteiger partial charge in [-0.25, -0.2) is 15.0 Å². The molecule has 0 fully saturated rings. The van der Waals surface area contributed by atoms with Crippen molar-refractivity contribution in [3.05, 3.63) is 54.4 Å². The van der Waals surface area contributed by atoms with E-state index in [0.717, 1.165) is 6.42 Å². The molecule has 0 aliphatic rings. The molecule has 1 atom stereocenters. The van der Waals surface area contributed by atoms with Gasteiger partial charge >= 0.3 is 0 Å². The highest BCUT2D eigenvalue weighted by molar-refractivity contribution is 5.16. The first-order valence-electron chi connectivity index (χ1n) is 4.77. The molecule has 4 nitrogen and oxygen atoms in total. The summed E-state index contributed by atoms with van der Waals surface area (Å²) < 4.78 is 0. The molecule has 2 rings (SSSR count). The molecule has 4 heteroatoms. The van der Waals surface area contributed by atoms with Gasteiger partial charge in [0.15, 0.2) is 0 Å². The van der Waals surface area contributed by atoms with Gasteiger partial charge in [0.05, 0.1) is 6.04 Å². The summed E-state index contributed by atoms with van der Waals surface area (Å²) in [6, 6.07) is 9.89. The van der Waals surface area contributed by atoms with E-state index in [1.165, 1.54) is 18.2 Å². The quantitative estimate of drug-likeness (QED) is 0.806. The molecule has 1 heterocycles. The zero-order valence-corrected chi connectivity index (χ0v) is 8.24. The first-order chi connectivity index (χ1) is 7.36. The molecule has 1 aromatic heterocycles. The van der Waals surface area contributed by atoms with Crippen molar-refractivity contribution in [1.82, 2.24) is 15.0 Å². The van der Waals surface area contributed by atoms with Gasteiger partial charge in [-0.1, -0.05) is 30.3 Å². The third-order valence-electron chi connectivity index (χ3n) is 2.14. The molecule has 2 aromatic rings. The molecule has 76 valence electrons. The molecule has 1 unspecified atom stereocenters.